The number of hydrogen-bond acceptors (Lipinski definition) is 2. The quantitative estimate of drug-likeness (QED) is 0.842. The van der Waals surface area contributed by atoms with Crippen LogP contribution in [0, 0.1) is 5.92 Å². The van der Waals surface area contributed by atoms with Gasteiger partial charge in [0.25, 0.3) is 0 Å². The summed E-state index contributed by atoms with van der Waals surface area (Å²) in [7, 11) is 0. The van der Waals surface area contributed by atoms with Crippen molar-refractivity contribution in [2.75, 3.05) is 13.2 Å². The smallest absolute Gasteiger partial charge is 0.219 e. The summed E-state index contributed by atoms with van der Waals surface area (Å²) >= 11 is 0. The number of carbonyl (C=O) groups excluding carboxylic acids is 1. The van der Waals surface area contributed by atoms with Gasteiger partial charge in [0, 0.05) is 13.0 Å². The third kappa shape index (κ3) is 2.39. The Labute approximate surface area is 114 Å². The minimum atomic E-state index is 0.147. The molecule has 2 aliphatic carbocycles. The van der Waals surface area contributed by atoms with Crippen molar-refractivity contribution in [3.05, 3.63) is 34.9 Å². The Kier molecular flexibility index (Phi) is 3.56. The van der Waals surface area contributed by atoms with Crippen molar-refractivity contribution in [2.45, 2.75) is 38.7 Å². The Morgan fingerprint density at radius 3 is 3.21 bits per heavy atom. The van der Waals surface area contributed by atoms with Crippen LogP contribution in [0.5, 0.6) is 0 Å². The van der Waals surface area contributed by atoms with E-state index in [4.69, 9.17) is 4.74 Å². The number of ether oxygens (including phenoxy) is 1. The molecule has 3 heteroatoms. The number of carbonyl (C=O) groups is 1. The highest BCUT2D eigenvalue weighted by atomic mass is 16.5. The zero-order valence-corrected chi connectivity index (χ0v) is 11.4. The zero-order chi connectivity index (χ0) is 13.2. The second-order valence-electron chi connectivity index (χ2n) is 5.46. The second-order valence-corrected chi connectivity index (χ2v) is 5.46. The van der Waals surface area contributed by atoms with E-state index in [9.17, 15) is 4.79 Å². The van der Waals surface area contributed by atoms with E-state index >= 15 is 0 Å². The molecular weight excluding hydrogens is 238 g/mol. The molecule has 0 bridgehead atoms. The molecule has 0 aromatic rings. The minimum Gasteiger partial charge on any atom is -0.365 e. The van der Waals surface area contributed by atoms with Crippen LogP contribution in [0.15, 0.2) is 34.9 Å². The molecule has 102 valence electrons. The summed E-state index contributed by atoms with van der Waals surface area (Å²) < 4.78 is 5.86. The van der Waals surface area contributed by atoms with E-state index in [-0.39, 0.29) is 12.0 Å². The Hall–Kier alpha value is -1.35. The molecule has 0 aromatic heterocycles. The van der Waals surface area contributed by atoms with Gasteiger partial charge in [0.1, 0.15) is 6.10 Å². The third-order valence-electron chi connectivity index (χ3n) is 4.35. The van der Waals surface area contributed by atoms with E-state index in [0.29, 0.717) is 12.3 Å². The first-order chi connectivity index (χ1) is 9.29. The highest BCUT2D eigenvalue weighted by molar-refractivity contribution is 5.75. The molecule has 1 N–H and O–H groups in total. The summed E-state index contributed by atoms with van der Waals surface area (Å²) in [5.41, 5.74) is 4.27. The lowest BCUT2D eigenvalue weighted by molar-refractivity contribution is -0.120. The van der Waals surface area contributed by atoms with E-state index in [1.165, 1.54) is 23.1 Å². The van der Waals surface area contributed by atoms with E-state index < -0.39 is 0 Å². The van der Waals surface area contributed by atoms with Crippen molar-refractivity contribution < 1.29 is 9.53 Å². The standard InChI is InChI=1S/C16H21NO2/c1-2-14(18)17-9-7-12-4-3-11-5-6-13-8-10-19-16(13)15(11)12/h5-6,8,12,16H,2-4,7,9-10H2,1H3,(H,17,18)/t12?,16-/m0/s1. The highest BCUT2D eigenvalue weighted by Gasteiger charge is 2.35. The number of nitrogens with one attached hydrogen (secondary N) is 1. The number of hydrogen-bond donors (Lipinski definition) is 1. The van der Waals surface area contributed by atoms with Gasteiger partial charge in [0.15, 0.2) is 0 Å². The predicted molar refractivity (Wildman–Crippen MR) is 74.6 cm³/mol. The Bertz CT molecular complexity index is 473. The summed E-state index contributed by atoms with van der Waals surface area (Å²) in [6.45, 7) is 3.41. The van der Waals surface area contributed by atoms with Crippen LogP contribution in [0.4, 0.5) is 0 Å². The molecule has 0 saturated heterocycles. The number of allylic oxidation sites excluding steroid dienone is 2. The number of amides is 1. The zero-order valence-electron chi connectivity index (χ0n) is 11.4. The molecule has 1 heterocycles. The fourth-order valence-corrected chi connectivity index (χ4v) is 3.33. The molecule has 0 radical (unpaired) electrons. The van der Waals surface area contributed by atoms with Gasteiger partial charge in [-0.25, -0.2) is 0 Å². The first-order valence-electron chi connectivity index (χ1n) is 7.29. The van der Waals surface area contributed by atoms with Gasteiger partial charge in [-0.2, -0.15) is 0 Å². The molecule has 1 aliphatic heterocycles. The van der Waals surface area contributed by atoms with Crippen LogP contribution in [-0.2, 0) is 9.53 Å². The molecule has 0 saturated carbocycles. The van der Waals surface area contributed by atoms with Gasteiger partial charge in [0.2, 0.25) is 5.91 Å². The van der Waals surface area contributed by atoms with Crippen LogP contribution >= 0.6 is 0 Å². The van der Waals surface area contributed by atoms with Crippen molar-refractivity contribution in [1.29, 1.82) is 0 Å². The number of rotatable bonds is 4. The summed E-state index contributed by atoms with van der Waals surface area (Å²) in [5.74, 6) is 0.719. The van der Waals surface area contributed by atoms with Crippen LogP contribution < -0.4 is 5.32 Å². The normalized spacial score (nSPS) is 28.2. The predicted octanol–water partition coefficient (Wildman–Crippen LogP) is 2.50. The van der Waals surface area contributed by atoms with Gasteiger partial charge < -0.3 is 10.1 Å². The molecule has 0 aromatic carbocycles. The van der Waals surface area contributed by atoms with Gasteiger partial charge in [-0.15, -0.1) is 0 Å². The van der Waals surface area contributed by atoms with Crippen LogP contribution in [0.2, 0.25) is 0 Å². The summed E-state index contributed by atoms with van der Waals surface area (Å²) in [6, 6.07) is 0. The summed E-state index contributed by atoms with van der Waals surface area (Å²) in [4.78, 5) is 11.3. The van der Waals surface area contributed by atoms with Crippen molar-refractivity contribution in [1.82, 2.24) is 5.32 Å². The van der Waals surface area contributed by atoms with Crippen LogP contribution in [0.3, 0.4) is 0 Å². The van der Waals surface area contributed by atoms with Crippen molar-refractivity contribution in [3.8, 4) is 0 Å². The Morgan fingerprint density at radius 2 is 2.37 bits per heavy atom. The first-order valence-corrected chi connectivity index (χ1v) is 7.29. The maximum absolute atomic E-state index is 11.3. The molecule has 2 atom stereocenters. The minimum absolute atomic E-state index is 0.147. The number of fused-ring (bicyclic) bond motifs is 2. The van der Waals surface area contributed by atoms with Crippen molar-refractivity contribution in [3.63, 3.8) is 0 Å². The van der Waals surface area contributed by atoms with E-state index in [0.717, 1.165) is 26.0 Å². The largest absolute Gasteiger partial charge is 0.365 e. The van der Waals surface area contributed by atoms with Crippen LogP contribution in [0.25, 0.3) is 0 Å². The lowest BCUT2D eigenvalue weighted by atomic mass is 9.86. The summed E-state index contributed by atoms with van der Waals surface area (Å²) in [5, 5.41) is 2.98. The maximum Gasteiger partial charge on any atom is 0.219 e. The molecule has 3 aliphatic rings. The average molecular weight is 259 g/mol. The van der Waals surface area contributed by atoms with Gasteiger partial charge in [-0.1, -0.05) is 25.2 Å². The maximum atomic E-state index is 11.3. The first kappa shape index (κ1) is 12.7. The highest BCUT2D eigenvalue weighted by Crippen LogP contribution is 2.43. The topological polar surface area (TPSA) is 38.3 Å². The van der Waals surface area contributed by atoms with Gasteiger partial charge in [-0.05, 0) is 41.9 Å². The fourth-order valence-electron chi connectivity index (χ4n) is 3.33. The van der Waals surface area contributed by atoms with Crippen molar-refractivity contribution >= 4 is 5.91 Å². The van der Waals surface area contributed by atoms with Crippen LogP contribution in [0.1, 0.15) is 32.6 Å². The molecule has 1 unspecified atom stereocenters. The fraction of sp³-hybridized carbons (Fsp3) is 0.562. The second kappa shape index (κ2) is 5.33. The molecule has 3 rings (SSSR count). The molecule has 0 fully saturated rings. The SMILES string of the molecule is CCC(=O)NCCC1CCC2=C1[C@H]1OCC=C1C=C2. The monoisotopic (exact) mass is 259 g/mol. The molecule has 19 heavy (non-hydrogen) atoms. The lowest BCUT2D eigenvalue weighted by Crippen LogP contribution is -2.27. The molecule has 0 spiro atoms. The lowest BCUT2D eigenvalue weighted by Gasteiger charge is -2.24. The molecule has 1 amide bonds. The van der Waals surface area contributed by atoms with E-state index in [2.05, 4.69) is 23.5 Å². The van der Waals surface area contributed by atoms with E-state index in [1.54, 1.807) is 0 Å². The average Bonchev–Trinajstić information content (AvgIpc) is 3.03. The van der Waals surface area contributed by atoms with Crippen LogP contribution in [-0.4, -0.2) is 25.2 Å². The molecule has 3 nitrogen and oxygen atoms in total. The van der Waals surface area contributed by atoms with E-state index in [1.807, 2.05) is 6.92 Å². The Morgan fingerprint density at radius 1 is 1.47 bits per heavy atom. The Balaban J connectivity index is 1.65. The van der Waals surface area contributed by atoms with Gasteiger partial charge in [-0.3, -0.25) is 4.79 Å². The van der Waals surface area contributed by atoms with Crippen molar-refractivity contribution in [2.24, 2.45) is 5.92 Å². The third-order valence-corrected chi connectivity index (χ3v) is 4.35. The van der Waals surface area contributed by atoms with Gasteiger partial charge >= 0.3 is 0 Å². The van der Waals surface area contributed by atoms with Gasteiger partial charge in [0.05, 0.1) is 6.61 Å². The molecular formula is C16H21NO2. The summed E-state index contributed by atoms with van der Waals surface area (Å²) in [6.07, 6.45) is 10.8.